The van der Waals surface area contributed by atoms with Crippen LogP contribution in [0.3, 0.4) is 0 Å². The summed E-state index contributed by atoms with van der Waals surface area (Å²) < 4.78 is 13.1. The van der Waals surface area contributed by atoms with Crippen molar-refractivity contribution in [1.29, 1.82) is 0 Å². The number of fused-ring (bicyclic) bond motifs is 6. The van der Waals surface area contributed by atoms with Crippen molar-refractivity contribution in [1.82, 2.24) is 0 Å². The monoisotopic (exact) mass is 820 g/mol. The molecule has 0 N–H and O–H groups in total. The molecule has 2 aromatic heterocycles. The van der Waals surface area contributed by atoms with E-state index in [0.29, 0.717) is 0 Å². The molecule has 0 amide bonds. The van der Waals surface area contributed by atoms with Gasteiger partial charge in [-0.15, -0.1) is 0 Å². The van der Waals surface area contributed by atoms with E-state index in [4.69, 9.17) is 8.83 Å². The highest BCUT2D eigenvalue weighted by atomic mass is 16.3. The van der Waals surface area contributed by atoms with Crippen LogP contribution in [-0.4, -0.2) is 0 Å². The topological polar surface area (TPSA) is 32.8 Å². The van der Waals surface area contributed by atoms with Crippen molar-refractivity contribution in [3.05, 3.63) is 243 Å². The Labute approximate surface area is 371 Å². The van der Waals surface area contributed by atoms with Gasteiger partial charge in [-0.3, -0.25) is 0 Å². The summed E-state index contributed by atoms with van der Waals surface area (Å²) in [6, 6.07) is 85.7. The normalized spacial score (nSPS) is 11.4. The molecule has 10 aromatic carbocycles. The van der Waals surface area contributed by atoms with Crippen LogP contribution in [-0.2, 0) is 0 Å². The first-order valence-electron chi connectivity index (χ1n) is 21.7. The molecular formula is C60H40N2O2. The molecule has 4 heteroatoms. The molecule has 302 valence electrons. The number of hydrogen-bond acceptors (Lipinski definition) is 4. The Balaban J connectivity index is 0.986. The lowest BCUT2D eigenvalue weighted by Gasteiger charge is -2.27. The molecule has 0 unspecified atom stereocenters. The van der Waals surface area contributed by atoms with Crippen LogP contribution < -0.4 is 9.80 Å². The SMILES string of the molecule is c1ccc(-c2ccc(N(c3ccc(-c4ccccc4)cc3)c3ccc(-c4ccc(N(c5ccccc5)c5ccc6oc7ccccc7c6c5)cc4)c4c3oc3ccccc34)cc2)cc1. The van der Waals surface area contributed by atoms with Gasteiger partial charge < -0.3 is 18.6 Å². The zero-order valence-corrected chi connectivity index (χ0v) is 34.8. The number of nitrogens with zero attached hydrogens (tertiary/aromatic N) is 2. The average Bonchev–Trinajstić information content (AvgIpc) is 3.95. The van der Waals surface area contributed by atoms with E-state index in [9.17, 15) is 0 Å². The van der Waals surface area contributed by atoms with Gasteiger partial charge >= 0.3 is 0 Å². The fourth-order valence-electron chi connectivity index (χ4n) is 9.19. The molecule has 0 fully saturated rings. The molecule has 0 aliphatic carbocycles. The molecule has 0 radical (unpaired) electrons. The summed E-state index contributed by atoms with van der Waals surface area (Å²) in [6.45, 7) is 0. The zero-order valence-electron chi connectivity index (χ0n) is 34.8. The molecule has 0 atom stereocenters. The van der Waals surface area contributed by atoms with Gasteiger partial charge in [0.25, 0.3) is 0 Å². The van der Waals surface area contributed by atoms with Crippen LogP contribution in [0.4, 0.5) is 34.1 Å². The van der Waals surface area contributed by atoms with Crippen LogP contribution >= 0.6 is 0 Å². The Bertz CT molecular complexity index is 3490. The fourth-order valence-corrected chi connectivity index (χ4v) is 9.19. The standard InChI is InChI=1S/C60H40N2O2/c1-4-14-41(15-5-1)43-24-30-48(31-25-43)62(49-32-26-44(27-33-49)42-16-6-2-7-17-42)55-38-37-51(59-53-21-11-13-23-57(53)64-60(55)59)45-28-34-47(35-29-45)61(46-18-8-3-9-19-46)50-36-39-58-54(40-50)52-20-10-12-22-56(52)63-58/h1-40H. The highest BCUT2D eigenvalue weighted by Crippen LogP contribution is 2.47. The van der Waals surface area contributed by atoms with Gasteiger partial charge in [0.05, 0.1) is 5.69 Å². The molecule has 12 rings (SSSR count). The second-order valence-corrected chi connectivity index (χ2v) is 16.1. The lowest BCUT2D eigenvalue weighted by molar-refractivity contribution is 0.668. The highest BCUT2D eigenvalue weighted by Gasteiger charge is 2.23. The first kappa shape index (κ1) is 37.2. The van der Waals surface area contributed by atoms with E-state index < -0.39 is 0 Å². The third-order valence-electron chi connectivity index (χ3n) is 12.3. The largest absolute Gasteiger partial charge is 0.456 e. The quantitative estimate of drug-likeness (QED) is 0.145. The Kier molecular flexibility index (Phi) is 9.12. The lowest BCUT2D eigenvalue weighted by atomic mass is 9.97. The summed E-state index contributed by atoms with van der Waals surface area (Å²) in [6.07, 6.45) is 0. The van der Waals surface area contributed by atoms with E-state index in [1.165, 1.54) is 11.1 Å². The molecule has 0 saturated heterocycles. The van der Waals surface area contributed by atoms with Crippen LogP contribution in [0.15, 0.2) is 251 Å². The smallest absolute Gasteiger partial charge is 0.160 e. The summed E-state index contributed by atoms with van der Waals surface area (Å²) in [5.41, 5.74) is 16.5. The van der Waals surface area contributed by atoms with Crippen molar-refractivity contribution in [2.45, 2.75) is 0 Å². The van der Waals surface area contributed by atoms with Gasteiger partial charge in [0.2, 0.25) is 0 Å². The molecule has 64 heavy (non-hydrogen) atoms. The van der Waals surface area contributed by atoms with Gasteiger partial charge in [-0.25, -0.2) is 0 Å². The van der Waals surface area contributed by atoms with Crippen LogP contribution in [0, 0.1) is 0 Å². The minimum atomic E-state index is 0.827. The molecule has 2 heterocycles. The van der Waals surface area contributed by atoms with Gasteiger partial charge in [0, 0.05) is 50.0 Å². The lowest BCUT2D eigenvalue weighted by Crippen LogP contribution is -2.10. The molecule has 0 bridgehead atoms. The predicted octanol–water partition coefficient (Wildman–Crippen LogP) is 17.4. The molecule has 12 aromatic rings. The Morgan fingerprint density at radius 2 is 0.703 bits per heavy atom. The maximum absolute atomic E-state index is 6.93. The Hall–Kier alpha value is -8.60. The van der Waals surface area contributed by atoms with Crippen molar-refractivity contribution in [3.8, 4) is 33.4 Å². The van der Waals surface area contributed by atoms with E-state index in [-0.39, 0.29) is 0 Å². The number of furan rings is 2. The molecule has 4 nitrogen and oxygen atoms in total. The number of rotatable bonds is 9. The Morgan fingerprint density at radius 1 is 0.266 bits per heavy atom. The van der Waals surface area contributed by atoms with Gasteiger partial charge in [0.15, 0.2) is 5.58 Å². The number of para-hydroxylation sites is 3. The summed E-state index contributed by atoms with van der Waals surface area (Å²) in [5, 5.41) is 4.34. The van der Waals surface area contributed by atoms with E-state index in [0.717, 1.165) is 100 Å². The minimum Gasteiger partial charge on any atom is -0.456 e. The summed E-state index contributed by atoms with van der Waals surface area (Å²) >= 11 is 0. The minimum absolute atomic E-state index is 0.827. The molecule has 0 aliphatic rings. The first-order valence-corrected chi connectivity index (χ1v) is 21.7. The van der Waals surface area contributed by atoms with E-state index >= 15 is 0 Å². The fraction of sp³-hybridized carbons (Fsp3) is 0. The first-order chi connectivity index (χ1) is 31.7. The number of hydrogen-bond donors (Lipinski definition) is 0. The Morgan fingerprint density at radius 3 is 1.31 bits per heavy atom. The van der Waals surface area contributed by atoms with Crippen molar-refractivity contribution in [2.24, 2.45) is 0 Å². The summed E-state index contributed by atoms with van der Waals surface area (Å²) in [4.78, 5) is 4.62. The third-order valence-corrected chi connectivity index (χ3v) is 12.3. The van der Waals surface area contributed by atoms with Gasteiger partial charge in [-0.1, -0.05) is 158 Å². The second kappa shape index (κ2) is 15.7. The van der Waals surface area contributed by atoms with E-state index in [2.05, 4.69) is 234 Å². The maximum Gasteiger partial charge on any atom is 0.160 e. The number of anilines is 6. The van der Waals surface area contributed by atoms with Crippen LogP contribution in [0.2, 0.25) is 0 Å². The van der Waals surface area contributed by atoms with E-state index in [1.54, 1.807) is 0 Å². The van der Waals surface area contributed by atoms with Crippen molar-refractivity contribution < 1.29 is 8.83 Å². The highest BCUT2D eigenvalue weighted by molar-refractivity contribution is 6.17. The van der Waals surface area contributed by atoms with Gasteiger partial charge in [-0.05, 0) is 118 Å². The molecule has 0 aliphatic heterocycles. The van der Waals surface area contributed by atoms with Gasteiger partial charge in [-0.2, -0.15) is 0 Å². The second-order valence-electron chi connectivity index (χ2n) is 16.1. The average molecular weight is 821 g/mol. The van der Waals surface area contributed by atoms with Crippen LogP contribution in [0.25, 0.3) is 77.3 Å². The molecule has 0 spiro atoms. The summed E-state index contributed by atoms with van der Waals surface area (Å²) in [7, 11) is 0. The molecular weight excluding hydrogens is 781 g/mol. The molecule has 0 saturated carbocycles. The van der Waals surface area contributed by atoms with Crippen molar-refractivity contribution >= 4 is 78.0 Å². The van der Waals surface area contributed by atoms with Crippen LogP contribution in [0.1, 0.15) is 0 Å². The maximum atomic E-state index is 6.93. The third kappa shape index (κ3) is 6.57. The zero-order chi connectivity index (χ0) is 42.4. The van der Waals surface area contributed by atoms with Crippen LogP contribution in [0.5, 0.6) is 0 Å². The number of benzene rings is 10. The predicted molar refractivity (Wildman–Crippen MR) is 267 cm³/mol. The summed E-state index contributed by atoms with van der Waals surface area (Å²) in [5.74, 6) is 0. The van der Waals surface area contributed by atoms with Crippen molar-refractivity contribution in [3.63, 3.8) is 0 Å². The van der Waals surface area contributed by atoms with Crippen molar-refractivity contribution in [2.75, 3.05) is 9.80 Å². The van der Waals surface area contributed by atoms with Gasteiger partial charge in [0.1, 0.15) is 16.7 Å². The van der Waals surface area contributed by atoms with E-state index in [1.807, 2.05) is 18.2 Å².